The Labute approximate surface area is 136 Å². The number of amides is 1. The lowest BCUT2D eigenvalue weighted by molar-refractivity contribution is 0.103. The van der Waals surface area contributed by atoms with Crippen LogP contribution in [0.4, 0.5) is 5.13 Å². The molecule has 1 aromatic carbocycles. The molecular weight excluding hydrogens is 316 g/mol. The van der Waals surface area contributed by atoms with Crippen LogP contribution in [0, 0.1) is 6.92 Å². The van der Waals surface area contributed by atoms with E-state index in [1.807, 2.05) is 31.2 Å². The summed E-state index contributed by atoms with van der Waals surface area (Å²) >= 11 is 2.97. The van der Waals surface area contributed by atoms with Crippen LogP contribution < -0.4 is 10.1 Å². The Bertz CT molecular complexity index is 836. The number of hydrogen-bond acceptors (Lipinski definition) is 5. The maximum Gasteiger partial charge on any atom is 0.267 e. The molecule has 2 heterocycles. The third-order valence-electron chi connectivity index (χ3n) is 3.45. The van der Waals surface area contributed by atoms with Crippen molar-refractivity contribution in [1.82, 2.24) is 4.98 Å². The first-order valence-corrected chi connectivity index (χ1v) is 8.60. The molecule has 114 valence electrons. The number of carbonyl (C=O) groups is 1. The number of rotatable bonds is 4. The minimum Gasteiger partial charge on any atom is -0.494 e. The lowest BCUT2D eigenvalue weighted by Crippen LogP contribution is -2.09. The molecule has 22 heavy (non-hydrogen) atoms. The summed E-state index contributed by atoms with van der Waals surface area (Å²) in [5.74, 6) is 0.611. The number of carbonyl (C=O) groups excluding carboxylic acids is 1. The highest BCUT2D eigenvalue weighted by Gasteiger charge is 2.15. The van der Waals surface area contributed by atoms with E-state index in [-0.39, 0.29) is 5.91 Å². The van der Waals surface area contributed by atoms with Gasteiger partial charge in [0, 0.05) is 4.88 Å². The first-order chi connectivity index (χ1) is 10.6. The molecule has 0 fully saturated rings. The van der Waals surface area contributed by atoms with Gasteiger partial charge in [0.15, 0.2) is 5.13 Å². The van der Waals surface area contributed by atoms with Gasteiger partial charge in [-0.1, -0.05) is 24.3 Å². The van der Waals surface area contributed by atoms with Crippen LogP contribution in [-0.4, -0.2) is 18.0 Å². The number of fused-ring (bicyclic) bond motifs is 1. The van der Waals surface area contributed by atoms with E-state index in [0.29, 0.717) is 5.13 Å². The third kappa shape index (κ3) is 2.71. The van der Waals surface area contributed by atoms with Crippen molar-refractivity contribution >= 4 is 43.9 Å². The number of methoxy groups -OCH3 is 1. The van der Waals surface area contributed by atoms with Crippen molar-refractivity contribution in [3.63, 3.8) is 0 Å². The number of aryl methyl sites for hydroxylation is 2. The molecule has 3 aromatic rings. The van der Waals surface area contributed by atoms with E-state index in [4.69, 9.17) is 4.74 Å². The number of anilines is 1. The number of benzene rings is 1. The molecule has 1 amide bonds. The van der Waals surface area contributed by atoms with Gasteiger partial charge in [0.25, 0.3) is 5.91 Å². The molecule has 0 saturated carbocycles. The predicted octanol–water partition coefficient (Wildman–Crippen LogP) is 4.49. The first kappa shape index (κ1) is 15.0. The molecule has 0 atom stereocenters. The number of thiazole rings is 1. The second-order valence-electron chi connectivity index (χ2n) is 4.83. The highest BCUT2D eigenvalue weighted by molar-refractivity contribution is 7.22. The zero-order valence-corrected chi connectivity index (χ0v) is 14.2. The number of para-hydroxylation sites is 1. The number of thiophene rings is 1. The van der Waals surface area contributed by atoms with Crippen molar-refractivity contribution in [1.29, 1.82) is 0 Å². The van der Waals surface area contributed by atoms with E-state index in [0.717, 1.165) is 27.3 Å². The van der Waals surface area contributed by atoms with Gasteiger partial charge >= 0.3 is 0 Å². The topological polar surface area (TPSA) is 51.2 Å². The normalized spacial score (nSPS) is 10.9. The summed E-state index contributed by atoms with van der Waals surface area (Å²) in [6.07, 6.45) is 0.938. The molecule has 0 bridgehead atoms. The molecule has 4 nitrogen and oxygen atoms in total. The Hall–Kier alpha value is -1.92. The molecule has 0 spiro atoms. The largest absolute Gasteiger partial charge is 0.494 e. The lowest BCUT2D eigenvalue weighted by atomic mass is 10.2. The molecular formula is C16H16N2O2S2. The Morgan fingerprint density at radius 1 is 1.36 bits per heavy atom. The highest BCUT2D eigenvalue weighted by atomic mass is 32.1. The van der Waals surface area contributed by atoms with Gasteiger partial charge in [-0.05, 0) is 37.1 Å². The summed E-state index contributed by atoms with van der Waals surface area (Å²) in [5, 5.41) is 3.48. The van der Waals surface area contributed by atoms with Crippen LogP contribution in [0.2, 0.25) is 0 Å². The number of aromatic nitrogens is 1. The molecule has 3 rings (SSSR count). The van der Waals surface area contributed by atoms with E-state index in [1.165, 1.54) is 33.1 Å². The molecule has 1 N–H and O–H groups in total. The van der Waals surface area contributed by atoms with Crippen molar-refractivity contribution in [2.24, 2.45) is 0 Å². The van der Waals surface area contributed by atoms with Gasteiger partial charge in [0.2, 0.25) is 0 Å². The maximum absolute atomic E-state index is 12.4. The molecule has 2 aromatic heterocycles. The van der Waals surface area contributed by atoms with Gasteiger partial charge in [0.05, 0.1) is 16.7 Å². The fourth-order valence-electron chi connectivity index (χ4n) is 2.28. The molecule has 0 radical (unpaired) electrons. The maximum atomic E-state index is 12.4. The lowest BCUT2D eigenvalue weighted by Gasteiger charge is -1.98. The van der Waals surface area contributed by atoms with Gasteiger partial charge in [-0.15, -0.1) is 11.3 Å². The zero-order chi connectivity index (χ0) is 15.7. The number of nitrogens with one attached hydrogen (secondary N) is 1. The summed E-state index contributed by atoms with van der Waals surface area (Å²) in [6.45, 7) is 4.14. The minimum atomic E-state index is -0.106. The minimum absolute atomic E-state index is 0.106. The van der Waals surface area contributed by atoms with Crippen LogP contribution in [0.25, 0.3) is 10.2 Å². The van der Waals surface area contributed by atoms with Crippen molar-refractivity contribution in [3.05, 3.63) is 39.6 Å². The standard InChI is InChI=1S/C16H16N2O2S2/c1-4-10-8-13(21-9(10)2)15(19)18-16-17-14-11(20-3)6-5-7-12(14)22-16/h5-8H,4H2,1-3H3,(H,17,18,19). The van der Waals surface area contributed by atoms with Crippen LogP contribution in [-0.2, 0) is 6.42 Å². The second kappa shape index (κ2) is 6.06. The SMILES string of the molecule is CCc1cc(C(=O)Nc2nc3c(OC)cccc3s2)sc1C. The van der Waals surface area contributed by atoms with Crippen molar-refractivity contribution < 1.29 is 9.53 Å². The molecule has 0 saturated heterocycles. The summed E-state index contributed by atoms with van der Waals surface area (Å²) in [4.78, 5) is 18.7. The highest BCUT2D eigenvalue weighted by Crippen LogP contribution is 2.32. The van der Waals surface area contributed by atoms with Crippen molar-refractivity contribution in [3.8, 4) is 5.75 Å². The summed E-state index contributed by atoms with van der Waals surface area (Å²) in [5.41, 5.74) is 2.00. The fourth-order valence-corrected chi connectivity index (χ4v) is 4.17. The monoisotopic (exact) mass is 332 g/mol. The van der Waals surface area contributed by atoms with Crippen molar-refractivity contribution in [2.45, 2.75) is 20.3 Å². The van der Waals surface area contributed by atoms with E-state index < -0.39 is 0 Å². The quantitative estimate of drug-likeness (QED) is 0.766. The average Bonchev–Trinajstić information content (AvgIpc) is 3.09. The van der Waals surface area contributed by atoms with E-state index >= 15 is 0 Å². The molecule has 0 unspecified atom stereocenters. The van der Waals surface area contributed by atoms with Crippen LogP contribution in [0.1, 0.15) is 27.0 Å². The molecule has 6 heteroatoms. The average molecular weight is 332 g/mol. The summed E-state index contributed by atoms with van der Waals surface area (Å²) < 4.78 is 6.29. The third-order valence-corrected chi connectivity index (χ3v) is 5.48. The Morgan fingerprint density at radius 2 is 2.18 bits per heavy atom. The Balaban J connectivity index is 1.87. The Kier molecular flexibility index (Phi) is 4.13. The van der Waals surface area contributed by atoms with Crippen LogP contribution in [0.15, 0.2) is 24.3 Å². The number of ether oxygens (including phenoxy) is 1. The molecule has 0 aliphatic heterocycles. The van der Waals surface area contributed by atoms with E-state index in [1.54, 1.807) is 7.11 Å². The van der Waals surface area contributed by atoms with Gasteiger partial charge in [-0.3, -0.25) is 10.1 Å². The fraction of sp³-hybridized carbons (Fsp3) is 0.250. The van der Waals surface area contributed by atoms with E-state index in [9.17, 15) is 4.79 Å². The zero-order valence-electron chi connectivity index (χ0n) is 12.6. The van der Waals surface area contributed by atoms with Crippen LogP contribution in [0.3, 0.4) is 0 Å². The Morgan fingerprint density at radius 3 is 2.86 bits per heavy atom. The molecule has 0 aliphatic carbocycles. The summed E-state index contributed by atoms with van der Waals surface area (Å²) in [7, 11) is 1.62. The predicted molar refractivity (Wildman–Crippen MR) is 92.6 cm³/mol. The smallest absolute Gasteiger partial charge is 0.267 e. The first-order valence-electron chi connectivity index (χ1n) is 6.96. The van der Waals surface area contributed by atoms with Gasteiger partial charge in [-0.25, -0.2) is 4.98 Å². The van der Waals surface area contributed by atoms with Crippen LogP contribution >= 0.6 is 22.7 Å². The van der Waals surface area contributed by atoms with E-state index in [2.05, 4.69) is 17.2 Å². The number of hydrogen-bond donors (Lipinski definition) is 1. The van der Waals surface area contributed by atoms with Gasteiger partial charge in [-0.2, -0.15) is 0 Å². The summed E-state index contributed by atoms with van der Waals surface area (Å²) in [6, 6.07) is 7.71. The second-order valence-corrected chi connectivity index (χ2v) is 7.11. The van der Waals surface area contributed by atoms with Gasteiger partial charge in [0.1, 0.15) is 11.3 Å². The number of nitrogens with zero attached hydrogens (tertiary/aromatic N) is 1. The van der Waals surface area contributed by atoms with Crippen molar-refractivity contribution in [2.75, 3.05) is 12.4 Å². The van der Waals surface area contributed by atoms with Crippen LogP contribution in [0.5, 0.6) is 5.75 Å². The van der Waals surface area contributed by atoms with Gasteiger partial charge < -0.3 is 4.74 Å². The molecule has 0 aliphatic rings.